The third kappa shape index (κ3) is 3.00. The topological polar surface area (TPSA) is 43.6 Å². The monoisotopic (exact) mass is 274 g/mol. The summed E-state index contributed by atoms with van der Waals surface area (Å²) in [6.07, 6.45) is -1.04. The van der Waals surface area contributed by atoms with Gasteiger partial charge in [-0.2, -0.15) is 13.2 Å². The average molecular weight is 274 g/mol. The quantitative estimate of drug-likeness (QED) is 0.807. The van der Waals surface area contributed by atoms with Crippen LogP contribution < -0.4 is 0 Å². The van der Waals surface area contributed by atoms with Crippen LogP contribution in [0.3, 0.4) is 0 Å². The smallest absolute Gasteiger partial charge is 0.305 e. The standard InChI is InChI=1S/C10H9F3N4S/c1-17-8(7-2-4-14-5-3-7)15-16-9(17)18-6-10(11,12)13/h2-5H,6H2,1H3. The number of rotatable bonds is 3. The lowest BCUT2D eigenvalue weighted by Gasteiger charge is -2.05. The van der Waals surface area contributed by atoms with E-state index in [1.165, 1.54) is 4.57 Å². The molecule has 4 nitrogen and oxygen atoms in total. The molecule has 0 N–H and O–H groups in total. The molecule has 8 heteroatoms. The second-order valence-corrected chi connectivity index (χ2v) is 4.45. The van der Waals surface area contributed by atoms with Gasteiger partial charge in [0.05, 0.1) is 5.75 Å². The van der Waals surface area contributed by atoms with Gasteiger partial charge in [-0.1, -0.05) is 11.8 Å². The van der Waals surface area contributed by atoms with E-state index < -0.39 is 11.9 Å². The van der Waals surface area contributed by atoms with Crippen molar-refractivity contribution in [2.45, 2.75) is 11.3 Å². The maximum absolute atomic E-state index is 12.1. The van der Waals surface area contributed by atoms with Crippen LogP contribution in [0.25, 0.3) is 11.4 Å². The van der Waals surface area contributed by atoms with Gasteiger partial charge in [0.1, 0.15) is 0 Å². The van der Waals surface area contributed by atoms with Crippen molar-refractivity contribution < 1.29 is 13.2 Å². The van der Waals surface area contributed by atoms with Gasteiger partial charge in [0.25, 0.3) is 0 Å². The van der Waals surface area contributed by atoms with Crippen molar-refractivity contribution in [3.05, 3.63) is 24.5 Å². The summed E-state index contributed by atoms with van der Waals surface area (Å²) in [5.41, 5.74) is 0.763. The summed E-state index contributed by atoms with van der Waals surface area (Å²) in [6, 6.07) is 3.45. The van der Waals surface area contributed by atoms with E-state index in [1.54, 1.807) is 31.6 Å². The summed E-state index contributed by atoms with van der Waals surface area (Å²) >= 11 is 0.618. The molecule has 0 spiro atoms. The predicted octanol–water partition coefficient (Wildman–Crippen LogP) is 2.53. The van der Waals surface area contributed by atoms with Crippen molar-refractivity contribution in [1.82, 2.24) is 19.7 Å². The van der Waals surface area contributed by atoms with Crippen molar-refractivity contribution in [3.63, 3.8) is 0 Å². The van der Waals surface area contributed by atoms with Gasteiger partial charge in [-0.05, 0) is 12.1 Å². The Morgan fingerprint density at radius 2 is 1.89 bits per heavy atom. The van der Waals surface area contributed by atoms with Crippen molar-refractivity contribution in [2.24, 2.45) is 7.05 Å². The van der Waals surface area contributed by atoms with Gasteiger partial charge in [0.2, 0.25) is 0 Å². The maximum Gasteiger partial charge on any atom is 0.398 e. The van der Waals surface area contributed by atoms with Gasteiger partial charge in [-0.15, -0.1) is 10.2 Å². The second-order valence-electron chi connectivity index (χ2n) is 3.50. The van der Waals surface area contributed by atoms with E-state index >= 15 is 0 Å². The molecular weight excluding hydrogens is 265 g/mol. The highest BCUT2D eigenvalue weighted by Gasteiger charge is 2.28. The molecule has 0 saturated carbocycles. The molecule has 18 heavy (non-hydrogen) atoms. The summed E-state index contributed by atoms with van der Waals surface area (Å²) in [7, 11) is 1.63. The Bertz CT molecular complexity index is 524. The van der Waals surface area contributed by atoms with Gasteiger partial charge in [-0.3, -0.25) is 4.98 Å². The summed E-state index contributed by atoms with van der Waals surface area (Å²) in [5.74, 6) is -0.461. The van der Waals surface area contributed by atoms with Crippen LogP contribution in [0.2, 0.25) is 0 Å². The van der Waals surface area contributed by atoms with Crippen LogP contribution in [0.1, 0.15) is 0 Å². The lowest BCUT2D eigenvalue weighted by Crippen LogP contribution is -2.11. The number of thioether (sulfide) groups is 1. The number of halogens is 3. The van der Waals surface area contributed by atoms with Crippen molar-refractivity contribution in [3.8, 4) is 11.4 Å². The van der Waals surface area contributed by atoms with E-state index in [0.717, 1.165) is 5.56 Å². The molecule has 2 heterocycles. The van der Waals surface area contributed by atoms with Gasteiger partial charge < -0.3 is 4.57 Å². The zero-order valence-electron chi connectivity index (χ0n) is 9.35. The fourth-order valence-corrected chi connectivity index (χ4v) is 2.01. The fourth-order valence-electron chi connectivity index (χ4n) is 1.34. The molecular formula is C10H9F3N4S. The zero-order valence-corrected chi connectivity index (χ0v) is 10.2. The first-order valence-corrected chi connectivity index (χ1v) is 5.95. The molecule has 0 atom stereocenters. The Kier molecular flexibility index (Phi) is 3.55. The summed E-state index contributed by atoms with van der Waals surface area (Å²) in [6.45, 7) is 0. The van der Waals surface area contributed by atoms with E-state index in [0.29, 0.717) is 17.6 Å². The van der Waals surface area contributed by atoms with E-state index in [-0.39, 0.29) is 5.16 Å². The second kappa shape index (κ2) is 4.97. The Balaban J connectivity index is 2.19. The fraction of sp³-hybridized carbons (Fsp3) is 0.300. The van der Waals surface area contributed by atoms with Gasteiger partial charge in [0.15, 0.2) is 11.0 Å². The molecule has 96 valence electrons. The van der Waals surface area contributed by atoms with Gasteiger partial charge in [0, 0.05) is 25.0 Å². The van der Waals surface area contributed by atoms with Crippen LogP contribution in [0.4, 0.5) is 13.2 Å². The predicted molar refractivity (Wildman–Crippen MR) is 61.0 cm³/mol. The van der Waals surface area contributed by atoms with E-state index in [9.17, 15) is 13.2 Å². The molecule has 0 radical (unpaired) electrons. The lowest BCUT2D eigenvalue weighted by molar-refractivity contribution is -0.105. The molecule has 0 fully saturated rings. The summed E-state index contributed by atoms with van der Waals surface area (Å²) < 4.78 is 37.9. The molecule has 0 saturated heterocycles. The number of hydrogen-bond donors (Lipinski definition) is 0. The molecule has 0 aliphatic carbocycles. The Morgan fingerprint density at radius 3 is 2.50 bits per heavy atom. The summed E-state index contributed by atoms with van der Waals surface area (Å²) in [4.78, 5) is 3.86. The van der Waals surface area contributed by atoms with Crippen molar-refractivity contribution in [1.29, 1.82) is 0 Å². The molecule has 2 rings (SSSR count). The Labute approximate surface area is 105 Å². The van der Waals surface area contributed by atoms with Crippen LogP contribution >= 0.6 is 11.8 Å². The lowest BCUT2D eigenvalue weighted by atomic mass is 10.2. The number of aromatic nitrogens is 4. The number of pyridine rings is 1. The SMILES string of the molecule is Cn1c(SCC(F)(F)F)nnc1-c1ccncc1. The molecule has 0 aliphatic heterocycles. The van der Waals surface area contributed by atoms with Crippen LogP contribution in [-0.2, 0) is 7.05 Å². The highest BCUT2D eigenvalue weighted by Crippen LogP contribution is 2.27. The molecule has 0 unspecified atom stereocenters. The Morgan fingerprint density at radius 1 is 1.22 bits per heavy atom. The highest BCUT2D eigenvalue weighted by atomic mass is 32.2. The summed E-state index contributed by atoms with van der Waals surface area (Å²) in [5, 5.41) is 7.87. The van der Waals surface area contributed by atoms with Crippen LogP contribution in [0, 0.1) is 0 Å². The average Bonchev–Trinajstić information content (AvgIpc) is 2.68. The van der Waals surface area contributed by atoms with Crippen LogP contribution in [0.5, 0.6) is 0 Å². The largest absolute Gasteiger partial charge is 0.398 e. The van der Waals surface area contributed by atoms with Gasteiger partial charge >= 0.3 is 6.18 Å². The van der Waals surface area contributed by atoms with Crippen molar-refractivity contribution in [2.75, 3.05) is 5.75 Å². The zero-order chi connectivity index (χ0) is 13.2. The van der Waals surface area contributed by atoms with Crippen molar-refractivity contribution >= 4 is 11.8 Å². The minimum absolute atomic E-state index is 0.235. The molecule has 2 aromatic rings. The Hall–Kier alpha value is -1.57. The van der Waals surface area contributed by atoms with Gasteiger partial charge in [-0.25, -0.2) is 0 Å². The first kappa shape index (κ1) is 12.9. The number of hydrogen-bond acceptors (Lipinski definition) is 4. The maximum atomic E-state index is 12.1. The molecule has 0 aliphatic rings. The van der Waals surface area contributed by atoms with E-state index in [4.69, 9.17) is 0 Å². The third-order valence-electron chi connectivity index (χ3n) is 2.14. The molecule has 0 amide bonds. The minimum atomic E-state index is -4.21. The number of alkyl halides is 3. The first-order valence-electron chi connectivity index (χ1n) is 4.97. The normalized spacial score (nSPS) is 11.8. The molecule has 0 bridgehead atoms. The minimum Gasteiger partial charge on any atom is -0.305 e. The molecule has 0 aromatic carbocycles. The number of nitrogens with zero attached hydrogens (tertiary/aromatic N) is 4. The molecule has 2 aromatic heterocycles. The van der Waals surface area contributed by atoms with Crippen LogP contribution in [-0.4, -0.2) is 31.7 Å². The first-order chi connectivity index (χ1) is 8.47. The van der Waals surface area contributed by atoms with Crippen LogP contribution in [0.15, 0.2) is 29.7 Å². The highest BCUT2D eigenvalue weighted by molar-refractivity contribution is 7.99. The van der Waals surface area contributed by atoms with E-state index in [2.05, 4.69) is 15.2 Å². The third-order valence-corrected chi connectivity index (χ3v) is 3.22. The van der Waals surface area contributed by atoms with E-state index in [1.807, 2.05) is 0 Å².